The molecule has 0 bridgehead atoms. The Hall–Kier alpha value is -2.27. The van der Waals surface area contributed by atoms with Gasteiger partial charge >= 0.3 is 0 Å². The molecule has 3 aromatic rings. The van der Waals surface area contributed by atoms with Crippen molar-refractivity contribution in [3.63, 3.8) is 0 Å². The molecule has 3 rings (SSSR count). The van der Waals surface area contributed by atoms with E-state index in [2.05, 4.69) is 17.4 Å². The molecule has 0 saturated carbocycles. The average molecular weight is 357 g/mol. The first-order valence-corrected chi connectivity index (χ1v) is 9.15. The fourth-order valence-electron chi connectivity index (χ4n) is 2.74. The summed E-state index contributed by atoms with van der Waals surface area (Å²) >= 11 is 0.387. The van der Waals surface area contributed by atoms with E-state index >= 15 is 0 Å². The third-order valence-electron chi connectivity index (χ3n) is 4.19. The van der Waals surface area contributed by atoms with Crippen LogP contribution in [-0.4, -0.2) is 5.75 Å². The van der Waals surface area contributed by atoms with Gasteiger partial charge < -0.3 is 9.73 Å². The van der Waals surface area contributed by atoms with Crippen molar-refractivity contribution in [1.82, 2.24) is 0 Å². The second-order valence-corrected chi connectivity index (χ2v) is 6.59. The van der Waals surface area contributed by atoms with Gasteiger partial charge in [0.05, 0.1) is 10.9 Å². The minimum absolute atomic E-state index is 0.00886. The molecule has 0 aliphatic rings. The number of hydrogen-bond acceptors (Lipinski definition) is 4. The monoisotopic (exact) mass is 357 g/mol. The Labute approximate surface area is 150 Å². The molecule has 130 valence electrons. The van der Waals surface area contributed by atoms with Gasteiger partial charge in [-0.2, -0.15) is 3.89 Å². The van der Waals surface area contributed by atoms with E-state index in [0.29, 0.717) is 46.9 Å². The summed E-state index contributed by atoms with van der Waals surface area (Å²) in [7, 11) is 0. The lowest BCUT2D eigenvalue weighted by Gasteiger charge is -2.10. The van der Waals surface area contributed by atoms with Gasteiger partial charge in [-0.05, 0) is 43.0 Å². The Morgan fingerprint density at radius 3 is 2.56 bits per heavy atom. The van der Waals surface area contributed by atoms with Gasteiger partial charge in [0.25, 0.3) is 0 Å². The van der Waals surface area contributed by atoms with Gasteiger partial charge in [-0.25, -0.2) is 0 Å². The lowest BCUT2D eigenvalue weighted by Crippen LogP contribution is -2.10. The smallest absolute Gasteiger partial charge is 0.200 e. The maximum atomic E-state index is 12.4. The van der Waals surface area contributed by atoms with Crippen LogP contribution in [-0.2, 0) is 13.0 Å². The molecule has 0 aliphatic heterocycles. The predicted octanol–water partition coefficient (Wildman–Crippen LogP) is 5.26. The van der Waals surface area contributed by atoms with Crippen molar-refractivity contribution < 1.29 is 8.30 Å². The van der Waals surface area contributed by atoms with E-state index in [1.165, 1.54) is 5.56 Å². The minimum Gasteiger partial charge on any atom is -0.440 e. The zero-order chi connectivity index (χ0) is 17.6. The van der Waals surface area contributed by atoms with E-state index in [1.54, 1.807) is 19.1 Å². The predicted molar refractivity (Wildman–Crippen MR) is 103 cm³/mol. The van der Waals surface area contributed by atoms with Crippen LogP contribution in [0.5, 0.6) is 0 Å². The Morgan fingerprint density at radius 2 is 1.80 bits per heavy atom. The minimum atomic E-state index is -0.00886. The summed E-state index contributed by atoms with van der Waals surface area (Å²) in [5.74, 6) is 1.04. The van der Waals surface area contributed by atoms with Crippen molar-refractivity contribution in [2.45, 2.75) is 26.3 Å². The van der Waals surface area contributed by atoms with Gasteiger partial charge in [0.2, 0.25) is 5.88 Å². The molecule has 0 radical (unpaired) electrons. The van der Waals surface area contributed by atoms with Crippen LogP contribution in [0.1, 0.15) is 23.1 Å². The Bertz CT molecular complexity index is 906. The number of rotatable bonds is 7. The Kier molecular flexibility index (Phi) is 5.76. The van der Waals surface area contributed by atoms with E-state index in [9.17, 15) is 8.68 Å². The maximum Gasteiger partial charge on any atom is 0.200 e. The fraction of sp³-hybridized carbons (Fsp3) is 0.250. The first-order valence-electron chi connectivity index (χ1n) is 8.26. The molecule has 0 atom stereocenters. The van der Waals surface area contributed by atoms with Crippen molar-refractivity contribution in [2.24, 2.45) is 0 Å². The summed E-state index contributed by atoms with van der Waals surface area (Å²) in [5, 5.41) is 3.81. The second kappa shape index (κ2) is 8.21. The first kappa shape index (κ1) is 17.5. The average Bonchev–Trinajstić information content (AvgIpc) is 2.65. The van der Waals surface area contributed by atoms with Crippen LogP contribution in [0.3, 0.4) is 0 Å². The first-order chi connectivity index (χ1) is 12.2. The van der Waals surface area contributed by atoms with Crippen LogP contribution in [0.15, 0.2) is 57.7 Å². The summed E-state index contributed by atoms with van der Waals surface area (Å²) < 4.78 is 17.9. The summed E-state index contributed by atoms with van der Waals surface area (Å²) in [6.07, 6.45) is 1.71. The number of para-hydroxylation sites is 1. The largest absolute Gasteiger partial charge is 0.440 e. The maximum absolute atomic E-state index is 12.4. The SMILES string of the molecule is Cc1c(NCc2ccc(CCCSF)cc2)oc2ccccc2c1=O. The Balaban J connectivity index is 1.70. The van der Waals surface area contributed by atoms with E-state index in [1.807, 2.05) is 24.3 Å². The molecule has 0 fully saturated rings. The number of halogens is 1. The number of aryl methyl sites for hydroxylation is 1. The highest BCUT2D eigenvalue weighted by Crippen LogP contribution is 2.20. The van der Waals surface area contributed by atoms with Crippen LogP contribution in [0.2, 0.25) is 0 Å². The molecular weight excluding hydrogens is 337 g/mol. The quantitative estimate of drug-likeness (QED) is 0.585. The van der Waals surface area contributed by atoms with Gasteiger partial charge in [-0.3, -0.25) is 4.79 Å². The van der Waals surface area contributed by atoms with Crippen LogP contribution >= 0.6 is 12.1 Å². The molecule has 1 N–H and O–H groups in total. The highest BCUT2D eigenvalue weighted by atomic mass is 32.2. The van der Waals surface area contributed by atoms with Crippen LogP contribution in [0.25, 0.3) is 11.0 Å². The number of nitrogens with one attached hydrogen (secondary N) is 1. The number of anilines is 1. The molecule has 1 aromatic heterocycles. The molecule has 3 nitrogen and oxygen atoms in total. The normalized spacial score (nSPS) is 11.0. The zero-order valence-corrected chi connectivity index (χ0v) is 14.9. The lowest BCUT2D eigenvalue weighted by atomic mass is 10.1. The standard InChI is InChI=1S/C20H20FNO2S/c1-14-19(23)17-6-2-3-7-18(17)24-20(14)22-13-16-10-8-15(9-11-16)5-4-12-25-21/h2-3,6-11,22H,4-5,12-13H2,1H3. The van der Waals surface area contributed by atoms with Crippen LogP contribution in [0, 0.1) is 6.92 Å². The molecule has 1 heterocycles. The highest BCUT2D eigenvalue weighted by molar-refractivity contribution is 7.94. The van der Waals surface area contributed by atoms with Crippen molar-refractivity contribution in [1.29, 1.82) is 0 Å². The van der Waals surface area contributed by atoms with E-state index in [4.69, 9.17) is 4.42 Å². The molecule has 0 aliphatic carbocycles. The summed E-state index contributed by atoms with van der Waals surface area (Å²) in [6.45, 7) is 2.34. The second-order valence-electron chi connectivity index (χ2n) is 5.97. The number of hydrogen-bond donors (Lipinski definition) is 1. The van der Waals surface area contributed by atoms with Crippen molar-refractivity contribution in [3.8, 4) is 0 Å². The van der Waals surface area contributed by atoms with Gasteiger partial charge in [0, 0.05) is 24.4 Å². The molecule has 0 unspecified atom stereocenters. The number of benzene rings is 2. The lowest BCUT2D eigenvalue weighted by molar-refractivity contribution is 0.609. The van der Waals surface area contributed by atoms with E-state index in [0.717, 1.165) is 18.4 Å². The van der Waals surface area contributed by atoms with Gasteiger partial charge in [0.1, 0.15) is 5.58 Å². The molecule has 25 heavy (non-hydrogen) atoms. The van der Waals surface area contributed by atoms with Crippen molar-refractivity contribution >= 4 is 29.0 Å². The topological polar surface area (TPSA) is 42.2 Å². The van der Waals surface area contributed by atoms with Crippen molar-refractivity contribution in [2.75, 3.05) is 11.1 Å². The molecule has 0 amide bonds. The summed E-state index contributed by atoms with van der Waals surface area (Å²) in [5.41, 5.74) is 3.45. The molecular formula is C20H20FNO2S. The zero-order valence-electron chi connectivity index (χ0n) is 14.0. The van der Waals surface area contributed by atoms with Gasteiger partial charge in [0.15, 0.2) is 5.43 Å². The van der Waals surface area contributed by atoms with Crippen LogP contribution < -0.4 is 10.7 Å². The summed E-state index contributed by atoms with van der Waals surface area (Å²) in [6, 6.07) is 15.5. The van der Waals surface area contributed by atoms with E-state index < -0.39 is 0 Å². The van der Waals surface area contributed by atoms with E-state index in [-0.39, 0.29) is 5.43 Å². The molecule has 5 heteroatoms. The Morgan fingerprint density at radius 1 is 1.08 bits per heavy atom. The molecule has 2 aromatic carbocycles. The molecule has 0 spiro atoms. The molecule has 0 saturated heterocycles. The third kappa shape index (κ3) is 4.23. The summed E-state index contributed by atoms with van der Waals surface area (Å²) in [4.78, 5) is 12.4. The highest BCUT2D eigenvalue weighted by Gasteiger charge is 2.10. The van der Waals surface area contributed by atoms with Gasteiger partial charge in [-0.1, -0.05) is 36.4 Å². The van der Waals surface area contributed by atoms with Crippen molar-refractivity contribution in [3.05, 3.63) is 75.4 Å². The number of fused-ring (bicyclic) bond motifs is 1. The third-order valence-corrected chi connectivity index (χ3v) is 4.63. The van der Waals surface area contributed by atoms with Gasteiger partial charge in [-0.15, -0.1) is 0 Å². The van der Waals surface area contributed by atoms with Crippen LogP contribution in [0.4, 0.5) is 9.77 Å². The fourth-order valence-corrected chi connectivity index (χ4v) is 2.99.